The van der Waals surface area contributed by atoms with Crippen molar-refractivity contribution in [2.75, 3.05) is 5.73 Å². The third kappa shape index (κ3) is 2.54. The van der Waals surface area contributed by atoms with Crippen molar-refractivity contribution in [2.24, 2.45) is 10.9 Å². The van der Waals surface area contributed by atoms with E-state index in [0.29, 0.717) is 5.82 Å². The maximum absolute atomic E-state index is 10.1. The van der Waals surface area contributed by atoms with Crippen LogP contribution >= 0.6 is 11.3 Å². The Balaban J connectivity index is 2.48. The average molecular weight is 186 g/mol. The van der Waals surface area contributed by atoms with E-state index in [0.717, 1.165) is 6.21 Å². The quantitative estimate of drug-likeness (QED) is 0.494. The maximum Gasteiger partial charge on any atom is 0.307 e. The monoisotopic (exact) mass is 186 g/mol. The molecule has 1 aromatic heterocycles. The number of anilines is 1. The molecule has 4 N–H and O–H groups in total. The number of oxime groups is 1. The molecule has 1 heterocycles. The average Bonchev–Trinajstić information content (AvgIpc) is 2.35. The summed E-state index contributed by atoms with van der Waals surface area (Å²) in [4.78, 5) is 18.5. The summed E-state index contributed by atoms with van der Waals surface area (Å²) in [6.07, 6.45) is 0.845. The number of nitrogens with zero attached hydrogens (tertiary/aromatic N) is 2. The van der Waals surface area contributed by atoms with Gasteiger partial charge in [0.2, 0.25) is 0 Å². The van der Waals surface area contributed by atoms with E-state index < -0.39 is 5.91 Å². The van der Waals surface area contributed by atoms with E-state index in [-0.39, 0.29) is 5.19 Å². The highest BCUT2D eigenvalue weighted by molar-refractivity contribution is 7.11. The molecule has 0 radical (unpaired) electrons. The Morgan fingerprint density at radius 1 is 1.83 bits per heavy atom. The number of amides is 1. The second-order valence-electron chi connectivity index (χ2n) is 1.77. The van der Waals surface area contributed by atoms with Crippen LogP contribution in [0.15, 0.2) is 10.5 Å². The summed E-state index contributed by atoms with van der Waals surface area (Å²) < 4.78 is 0. The van der Waals surface area contributed by atoms with Gasteiger partial charge in [-0.2, -0.15) is 4.98 Å². The number of aromatic nitrogens is 1. The molecule has 0 saturated carbocycles. The minimum Gasteiger partial charge on any atom is -0.383 e. The van der Waals surface area contributed by atoms with Gasteiger partial charge in [-0.25, -0.2) is 0 Å². The van der Waals surface area contributed by atoms with Gasteiger partial charge in [0.15, 0.2) is 0 Å². The fraction of sp³-hybridized carbons (Fsp3) is 0. The minimum atomic E-state index is -0.681. The number of nitrogens with two attached hydrogens (primary N) is 2. The lowest BCUT2D eigenvalue weighted by Crippen LogP contribution is -2.11. The number of hydrogen-bond acceptors (Lipinski definition) is 6. The van der Waals surface area contributed by atoms with Crippen LogP contribution in [0.5, 0.6) is 5.19 Å². The van der Waals surface area contributed by atoms with Gasteiger partial charge in [-0.1, -0.05) is 16.5 Å². The van der Waals surface area contributed by atoms with Gasteiger partial charge in [-0.05, 0) is 0 Å². The first-order valence-electron chi connectivity index (χ1n) is 2.89. The van der Waals surface area contributed by atoms with Gasteiger partial charge in [-0.15, -0.1) is 0 Å². The van der Waals surface area contributed by atoms with E-state index in [4.69, 9.17) is 11.5 Å². The normalized spacial score (nSPS) is 10.3. The van der Waals surface area contributed by atoms with Crippen LogP contribution in [0.4, 0.5) is 5.82 Å². The van der Waals surface area contributed by atoms with Gasteiger partial charge >= 0.3 is 5.19 Å². The summed E-state index contributed by atoms with van der Waals surface area (Å²) in [5.41, 5.74) is 10.0. The molecule has 6 nitrogen and oxygen atoms in total. The Hall–Kier alpha value is -1.63. The zero-order valence-electron chi connectivity index (χ0n) is 5.93. The topological polar surface area (TPSA) is 104 Å². The van der Waals surface area contributed by atoms with Crippen molar-refractivity contribution in [2.45, 2.75) is 0 Å². The molecule has 12 heavy (non-hydrogen) atoms. The van der Waals surface area contributed by atoms with E-state index in [9.17, 15) is 4.79 Å². The van der Waals surface area contributed by atoms with Crippen LogP contribution in [-0.2, 0) is 4.79 Å². The second kappa shape index (κ2) is 3.67. The van der Waals surface area contributed by atoms with Gasteiger partial charge in [0.1, 0.15) is 12.0 Å². The molecule has 0 aromatic carbocycles. The van der Waals surface area contributed by atoms with E-state index in [2.05, 4.69) is 15.0 Å². The van der Waals surface area contributed by atoms with Crippen molar-refractivity contribution in [3.63, 3.8) is 0 Å². The van der Waals surface area contributed by atoms with E-state index in [1.807, 2.05) is 0 Å². The van der Waals surface area contributed by atoms with Gasteiger partial charge in [0.05, 0.1) is 0 Å². The molecule has 0 unspecified atom stereocenters. The van der Waals surface area contributed by atoms with Crippen molar-refractivity contribution in [1.29, 1.82) is 0 Å². The predicted octanol–water partition coefficient (Wildman–Crippen LogP) is -0.425. The van der Waals surface area contributed by atoms with Crippen LogP contribution < -0.4 is 16.3 Å². The van der Waals surface area contributed by atoms with Crippen LogP contribution in [0.1, 0.15) is 0 Å². The molecule has 0 aliphatic carbocycles. The Labute approximate surface area is 71.8 Å². The number of primary amides is 1. The molecule has 0 spiro atoms. The van der Waals surface area contributed by atoms with Crippen LogP contribution in [0.3, 0.4) is 0 Å². The first-order chi connectivity index (χ1) is 5.68. The first-order valence-corrected chi connectivity index (χ1v) is 3.77. The molecule has 0 atom stereocenters. The Morgan fingerprint density at radius 2 is 2.58 bits per heavy atom. The van der Waals surface area contributed by atoms with E-state index in [1.165, 1.54) is 11.3 Å². The molecular formula is C5H6N4O2S. The summed E-state index contributed by atoms with van der Waals surface area (Å²) in [5, 5.41) is 5.11. The second-order valence-corrected chi connectivity index (χ2v) is 2.59. The largest absolute Gasteiger partial charge is 0.383 e. The Kier molecular flexibility index (Phi) is 2.59. The fourth-order valence-corrected chi connectivity index (χ4v) is 0.953. The summed E-state index contributed by atoms with van der Waals surface area (Å²) in [5.74, 6) is -0.330. The number of nitrogen functional groups attached to an aromatic ring is 1. The molecule has 0 aliphatic rings. The van der Waals surface area contributed by atoms with Crippen molar-refractivity contribution in [1.82, 2.24) is 4.98 Å². The summed E-state index contributed by atoms with van der Waals surface area (Å²) >= 11 is 1.18. The summed E-state index contributed by atoms with van der Waals surface area (Å²) in [6, 6.07) is 0. The molecule has 1 aromatic rings. The number of rotatable bonds is 3. The third-order valence-electron chi connectivity index (χ3n) is 0.812. The lowest BCUT2D eigenvalue weighted by molar-refractivity contribution is -0.111. The van der Waals surface area contributed by atoms with Crippen molar-refractivity contribution < 1.29 is 9.63 Å². The molecule has 64 valence electrons. The van der Waals surface area contributed by atoms with Crippen molar-refractivity contribution in [3.05, 3.63) is 5.38 Å². The number of carbonyl (C=O) groups excluding carboxylic acids is 1. The standard InChI is InChI=1S/C5H6N4O2S/c6-3-2-12-5(9-3)11-8-1-4(7)10/h1-2H,6H2,(H2,7,10)/b8-1-. The Bertz CT molecular complexity index is 308. The zero-order chi connectivity index (χ0) is 8.97. The highest BCUT2D eigenvalue weighted by Gasteiger charge is 1.97. The highest BCUT2D eigenvalue weighted by atomic mass is 32.1. The van der Waals surface area contributed by atoms with Gasteiger partial charge in [0, 0.05) is 5.38 Å². The van der Waals surface area contributed by atoms with Crippen LogP contribution in [0, 0.1) is 0 Å². The lowest BCUT2D eigenvalue weighted by Gasteiger charge is -1.87. The van der Waals surface area contributed by atoms with Gasteiger partial charge in [-0.3, -0.25) is 4.79 Å². The van der Waals surface area contributed by atoms with Crippen molar-refractivity contribution >= 4 is 29.3 Å². The first kappa shape index (κ1) is 8.47. The van der Waals surface area contributed by atoms with Crippen molar-refractivity contribution in [3.8, 4) is 5.19 Å². The fourth-order valence-electron chi connectivity index (χ4n) is 0.434. The van der Waals surface area contributed by atoms with Gasteiger partial charge < -0.3 is 16.3 Å². The lowest BCUT2D eigenvalue weighted by atomic mass is 10.7. The predicted molar refractivity (Wildman–Crippen MR) is 44.8 cm³/mol. The molecular weight excluding hydrogens is 180 g/mol. The van der Waals surface area contributed by atoms with Crippen LogP contribution in [-0.4, -0.2) is 17.1 Å². The van der Waals surface area contributed by atoms with E-state index >= 15 is 0 Å². The SMILES string of the molecule is NC(=O)/C=N\Oc1nc(N)cs1. The highest BCUT2D eigenvalue weighted by Crippen LogP contribution is 2.18. The molecule has 0 fully saturated rings. The molecule has 0 saturated heterocycles. The van der Waals surface area contributed by atoms with Crippen LogP contribution in [0.2, 0.25) is 0 Å². The smallest absolute Gasteiger partial charge is 0.307 e. The number of thiazole rings is 1. The van der Waals surface area contributed by atoms with Crippen LogP contribution in [0.25, 0.3) is 0 Å². The molecule has 0 bridgehead atoms. The molecule has 0 aliphatic heterocycles. The molecule has 1 rings (SSSR count). The molecule has 1 amide bonds. The van der Waals surface area contributed by atoms with Gasteiger partial charge in [0.25, 0.3) is 5.91 Å². The summed E-state index contributed by atoms with van der Waals surface area (Å²) in [6.45, 7) is 0. The van der Waals surface area contributed by atoms with E-state index in [1.54, 1.807) is 5.38 Å². The third-order valence-corrected chi connectivity index (χ3v) is 1.54. The Morgan fingerprint density at radius 3 is 3.08 bits per heavy atom. The molecule has 7 heteroatoms. The zero-order valence-corrected chi connectivity index (χ0v) is 6.75. The summed E-state index contributed by atoms with van der Waals surface area (Å²) in [7, 11) is 0. The minimum absolute atomic E-state index is 0.269. The number of carbonyl (C=O) groups is 1. The number of hydrogen-bond donors (Lipinski definition) is 2. The maximum atomic E-state index is 10.1.